The Kier molecular flexibility index (Phi) is 4.34. The van der Waals surface area contributed by atoms with Crippen molar-refractivity contribution in [2.75, 3.05) is 11.9 Å². The second-order valence-electron chi connectivity index (χ2n) is 5.17. The number of para-hydroxylation sites is 1. The van der Waals surface area contributed by atoms with Crippen LogP contribution in [0.4, 0.5) is 5.69 Å². The normalized spacial score (nSPS) is 10.6. The number of anilines is 1. The van der Waals surface area contributed by atoms with Gasteiger partial charge in [0, 0.05) is 0 Å². The van der Waals surface area contributed by atoms with Gasteiger partial charge in [0.2, 0.25) is 5.71 Å². The molecule has 1 aromatic carbocycles. The molecule has 2 aromatic heterocycles. The summed E-state index contributed by atoms with van der Waals surface area (Å²) in [5.41, 5.74) is 0.161. The Bertz CT molecular complexity index is 1020. The summed E-state index contributed by atoms with van der Waals surface area (Å²) in [5, 5.41) is 2.69. The fourth-order valence-corrected chi connectivity index (χ4v) is 2.49. The molecule has 3 aromatic rings. The van der Waals surface area contributed by atoms with Gasteiger partial charge in [0.15, 0.2) is 0 Å². The van der Waals surface area contributed by atoms with Crippen molar-refractivity contribution in [3.8, 4) is 0 Å². The van der Waals surface area contributed by atoms with Crippen LogP contribution in [0.1, 0.15) is 33.4 Å². The third-order valence-electron chi connectivity index (χ3n) is 3.57. The van der Waals surface area contributed by atoms with Gasteiger partial charge in [0.25, 0.3) is 11.5 Å². The van der Waals surface area contributed by atoms with Crippen LogP contribution in [0.5, 0.6) is 0 Å². The zero-order valence-electron chi connectivity index (χ0n) is 13.6. The molecule has 1 amide bonds. The largest absolute Gasteiger partial charge is 0.462 e. The minimum atomic E-state index is -0.577. The molecule has 0 aliphatic carbocycles. The van der Waals surface area contributed by atoms with E-state index in [1.54, 1.807) is 38.1 Å². The van der Waals surface area contributed by atoms with E-state index in [-0.39, 0.29) is 40.3 Å². The van der Waals surface area contributed by atoms with Crippen molar-refractivity contribution >= 4 is 28.7 Å². The second kappa shape index (κ2) is 6.60. The number of nitrogens with zero attached hydrogens (tertiary/aromatic N) is 1. The topological polar surface area (TPSA) is 114 Å². The zero-order chi connectivity index (χ0) is 18.0. The number of fused-ring (bicyclic) bond motifs is 1. The summed E-state index contributed by atoms with van der Waals surface area (Å²) in [6.45, 7) is 3.47. The Morgan fingerprint density at radius 3 is 2.84 bits per heavy atom. The number of carbonyl (C=O) groups is 2. The number of benzene rings is 1. The van der Waals surface area contributed by atoms with Gasteiger partial charge >= 0.3 is 5.97 Å². The van der Waals surface area contributed by atoms with Crippen LogP contribution in [-0.4, -0.2) is 28.5 Å². The summed E-state index contributed by atoms with van der Waals surface area (Å²) in [5.74, 6) is -0.872. The number of nitrogens with one attached hydrogen (secondary N) is 2. The molecule has 0 radical (unpaired) electrons. The van der Waals surface area contributed by atoms with Gasteiger partial charge in [-0.3, -0.25) is 9.59 Å². The molecule has 0 atom stereocenters. The summed E-state index contributed by atoms with van der Waals surface area (Å²) in [6, 6.07) is 6.45. The maximum absolute atomic E-state index is 12.7. The van der Waals surface area contributed by atoms with E-state index in [0.29, 0.717) is 0 Å². The van der Waals surface area contributed by atoms with Crippen molar-refractivity contribution in [3.63, 3.8) is 0 Å². The molecular weight excluding hydrogens is 326 g/mol. The second-order valence-corrected chi connectivity index (χ2v) is 5.17. The lowest BCUT2D eigenvalue weighted by Gasteiger charge is -2.10. The smallest absolute Gasteiger partial charge is 0.340 e. The summed E-state index contributed by atoms with van der Waals surface area (Å²) < 4.78 is 10.4. The van der Waals surface area contributed by atoms with Crippen LogP contribution in [0.3, 0.4) is 0 Å². The van der Waals surface area contributed by atoms with E-state index in [1.165, 1.54) is 6.33 Å². The highest BCUT2D eigenvalue weighted by Crippen LogP contribution is 2.23. The molecule has 0 bridgehead atoms. The molecule has 0 unspecified atom stereocenters. The van der Waals surface area contributed by atoms with Crippen LogP contribution in [0.15, 0.2) is 39.8 Å². The highest BCUT2D eigenvalue weighted by atomic mass is 16.5. The van der Waals surface area contributed by atoms with Crippen molar-refractivity contribution in [3.05, 3.63) is 57.8 Å². The van der Waals surface area contributed by atoms with E-state index in [9.17, 15) is 14.4 Å². The van der Waals surface area contributed by atoms with E-state index < -0.39 is 17.4 Å². The summed E-state index contributed by atoms with van der Waals surface area (Å²) in [4.78, 5) is 43.0. The molecule has 2 N–H and O–H groups in total. The van der Waals surface area contributed by atoms with E-state index in [1.807, 2.05) is 0 Å². The lowest BCUT2D eigenvalue weighted by atomic mass is 10.1. The van der Waals surface area contributed by atoms with Crippen LogP contribution in [0, 0.1) is 6.92 Å². The average molecular weight is 341 g/mol. The van der Waals surface area contributed by atoms with E-state index in [0.717, 1.165) is 0 Å². The minimum Gasteiger partial charge on any atom is -0.462 e. The van der Waals surface area contributed by atoms with Crippen LogP contribution in [0.25, 0.3) is 11.1 Å². The lowest BCUT2D eigenvalue weighted by Crippen LogP contribution is -2.18. The predicted molar refractivity (Wildman–Crippen MR) is 89.7 cm³/mol. The fraction of sp³-hybridized carbons (Fsp3) is 0.176. The van der Waals surface area contributed by atoms with Crippen LogP contribution < -0.4 is 10.9 Å². The van der Waals surface area contributed by atoms with Crippen LogP contribution >= 0.6 is 0 Å². The zero-order valence-corrected chi connectivity index (χ0v) is 13.6. The van der Waals surface area contributed by atoms with Gasteiger partial charge in [-0.1, -0.05) is 12.1 Å². The van der Waals surface area contributed by atoms with Crippen LogP contribution in [-0.2, 0) is 4.74 Å². The minimum absolute atomic E-state index is 0.0612. The maximum Gasteiger partial charge on any atom is 0.340 e. The Morgan fingerprint density at radius 2 is 2.08 bits per heavy atom. The number of aromatic nitrogens is 2. The lowest BCUT2D eigenvalue weighted by molar-refractivity contribution is 0.0527. The summed E-state index contributed by atoms with van der Waals surface area (Å²) in [7, 11) is 0. The molecular formula is C17H15N3O5. The number of furan rings is 1. The molecule has 128 valence electrons. The summed E-state index contributed by atoms with van der Waals surface area (Å²) >= 11 is 0. The van der Waals surface area contributed by atoms with Gasteiger partial charge in [-0.05, 0) is 26.0 Å². The number of amides is 1. The highest BCUT2D eigenvalue weighted by molar-refractivity contribution is 6.14. The van der Waals surface area contributed by atoms with Gasteiger partial charge in [-0.25, -0.2) is 9.78 Å². The molecule has 0 saturated carbocycles. The third kappa shape index (κ3) is 3.01. The van der Waals surface area contributed by atoms with E-state index in [2.05, 4.69) is 15.3 Å². The number of rotatable bonds is 4. The van der Waals surface area contributed by atoms with Crippen molar-refractivity contribution in [1.29, 1.82) is 0 Å². The molecule has 0 saturated heterocycles. The molecule has 3 rings (SSSR count). The molecule has 8 heteroatoms. The molecule has 0 fully saturated rings. The first-order valence-corrected chi connectivity index (χ1v) is 7.57. The van der Waals surface area contributed by atoms with Crippen molar-refractivity contribution < 1.29 is 18.7 Å². The third-order valence-corrected chi connectivity index (χ3v) is 3.57. The van der Waals surface area contributed by atoms with Gasteiger partial charge in [-0.2, -0.15) is 0 Å². The molecule has 2 heterocycles. The molecule has 8 nitrogen and oxygen atoms in total. The maximum atomic E-state index is 12.7. The van der Waals surface area contributed by atoms with Crippen molar-refractivity contribution in [1.82, 2.24) is 9.97 Å². The first kappa shape index (κ1) is 16.4. The SMILES string of the molecule is CCOC(=O)c1ccccc1NC(=O)c1c(C)oc2nc[nH]c(=O)c12. The fourth-order valence-electron chi connectivity index (χ4n) is 2.49. The first-order chi connectivity index (χ1) is 12.0. The quantitative estimate of drug-likeness (QED) is 0.704. The number of esters is 1. The Hall–Kier alpha value is -3.42. The Morgan fingerprint density at radius 1 is 1.32 bits per heavy atom. The number of carbonyl (C=O) groups excluding carboxylic acids is 2. The molecule has 0 spiro atoms. The number of hydrogen-bond donors (Lipinski definition) is 2. The van der Waals surface area contributed by atoms with E-state index in [4.69, 9.17) is 9.15 Å². The number of H-pyrrole nitrogens is 1. The van der Waals surface area contributed by atoms with Crippen molar-refractivity contribution in [2.45, 2.75) is 13.8 Å². The number of aromatic amines is 1. The van der Waals surface area contributed by atoms with E-state index >= 15 is 0 Å². The predicted octanol–water partition coefficient (Wildman–Crippen LogP) is 2.25. The monoisotopic (exact) mass is 341 g/mol. The Balaban J connectivity index is 2.01. The van der Waals surface area contributed by atoms with Gasteiger partial charge in [0.1, 0.15) is 11.1 Å². The average Bonchev–Trinajstić information content (AvgIpc) is 2.93. The van der Waals surface area contributed by atoms with Gasteiger partial charge in [-0.15, -0.1) is 0 Å². The molecule has 25 heavy (non-hydrogen) atoms. The van der Waals surface area contributed by atoms with Crippen molar-refractivity contribution in [2.24, 2.45) is 0 Å². The van der Waals surface area contributed by atoms with Gasteiger partial charge in [0.05, 0.1) is 29.7 Å². The molecule has 0 aliphatic rings. The standard InChI is InChI=1S/C17H15N3O5/c1-3-24-17(23)10-6-4-5-7-11(10)20-15(22)12-9(2)25-16-13(12)14(21)18-8-19-16/h4-8H,3H2,1-2H3,(H,20,22)(H,18,19,21). The summed E-state index contributed by atoms with van der Waals surface area (Å²) in [6.07, 6.45) is 1.20. The number of aryl methyl sites for hydroxylation is 1. The van der Waals surface area contributed by atoms with Gasteiger partial charge < -0.3 is 19.5 Å². The first-order valence-electron chi connectivity index (χ1n) is 7.57. The number of hydrogen-bond acceptors (Lipinski definition) is 6. The molecule has 0 aliphatic heterocycles. The Labute approximate surface area is 141 Å². The van der Waals surface area contributed by atoms with Crippen LogP contribution in [0.2, 0.25) is 0 Å². The number of ether oxygens (including phenoxy) is 1. The highest BCUT2D eigenvalue weighted by Gasteiger charge is 2.23.